The normalized spacial score (nSPS) is 21.3. The zero-order chi connectivity index (χ0) is 9.26. The van der Waals surface area contributed by atoms with Crippen molar-refractivity contribution in [1.82, 2.24) is 5.54 Å². The van der Waals surface area contributed by atoms with Crippen LogP contribution in [0.25, 0.3) is 0 Å². The topological polar surface area (TPSA) is 29.1 Å². The lowest BCUT2D eigenvalue weighted by Gasteiger charge is -2.20. The molecule has 2 rings (SSSR count). The summed E-state index contributed by atoms with van der Waals surface area (Å²) >= 11 is 0. The first kappa shape index (κ1) is 8.38. The van der Waals surface area contributed by atoms with Gasteiger partial charge in [-0.05, 0) is 17.5 Å². The fourth-order valence-electron chi connectivity index (χ4n) is 1.67. The molecule has 0 bridgehead atoms. The lowest BCUT2D eigenvalue weighted by Crippen LogP contribution is -2.38. The molecule has 1 aromatic rings. The van der Waals surface area contributed by atoms with Gasteiger partial charge in [0.25, 0.3) is 0 Å². The van der Waals surface area contributed by atoms with Crippen molar-refractivity contribution < 1.29 is 9.28 Å². The van der Waals surface area contributed by atoms with Gasteiger partial charge < -0.3 is 0 Å². The summed E-state index contributed by atoms with van der Waals surface area (Å²) in [6, 6.07) is 7.02. The zero-order valence-electron chi connectivity index (χ0n) is 7.09. The Bertz CT molecular complexity index is 337. The first-order chi connectivity index (χ1) is 6.31. The van der Waals surface area contributed by atoms with Gasteiger partial charge in [0.2, 0.25) is 0 Å². The van der Waals surface area contributed by atoms with Crippen LogP contribution in [0.1, 0.15) is 11.1 Å². The Morgan fingerprint density at radius 1 is 1.31 bits per heavy atom. The summed E-state index contributed by atoms with van der Waals surface area (Å²) in [5.74, 6) is -0.0683. The van der Waals surface area contributed by atoms with Crippen LogP contribution in [-0.2, 0) is 17.6 Å². The maximum Gasteiger partial charge on any atom is 0.157 e. The monoisotopic (exact) mass is 179 g/mol. The fourth-order valence-corrected chi connectivity index (χ4v) is 1.67. The third-order valence-corrected chi connectivity index (χ3v) is 2.43. The van der Waals surface area contributed by atoms with E-state index in [1.54, 1.807) is 5.54 Å². The number of hydrogen-bond donors (Lipinski definition) is 1. The molecule has 0 aliphatic heterocycles. The largest absolute Gasteiger partial charge is 0.297 e. The molecule has 0 heterocycles. The minimum atomic E-state index is -0.644. The molecule has 0 spiro atoms. The van der Waals surface area contributed by atoms with E-state index in [0.29, 0.717) is 12.8 Å². The number of hydrogen-bond acceptors (Lipinski definition) is 2. The Kier molecular flexibility index (Phi) is 2.10. The van der Waals surface area contributed by atoms with E-state index in [4.69, 9.17) is 0 Å². The number of carbonyl (C=O) groups is 1. The molecular formula is C10H10FNO. The molecule has 0 saturated heterocycles. The number of rotatable bonds is 1. The van der Waals surface area contributed by atoms with E-state index in [9.17, 15) is 9.28 Å². The van der Waals surface area contributed by atoms with Crippen molar-refractivity contribution in [3.8, 4) is 0 Å². The van der Waals surface area contributed by atoms with E-state index >= 15 is 0 Å². The van der Waals surface area contributed by atoms with E-state index < -0.39 is 6.04 Å². The highest BCUT2D eigenvalue weighted by Gasteiger charge is 2.25. The summed E-state index contributed by atoms with van der Waals surface area (Å²) in [6.07, 6.45) is 0.809. The summed E-state index contributed by atoms with van der Waals surface area (Å²) in [5.41, 5.74) is 3.64. The van der Waals surface area contributed by atoms with Crippen LogP contribution < -0.4 is 5.54 Å². The standard InChI is InChI=1S/C10H10FNO/c11-12-9-5-7-3-1-2-4-8(7)6-10(9)13/h1-4,9,12H,5-6H2. The molecule has 1 aliphatic carbocycles. The lowest BCUT2D eigenvalue weighted by atomic mass is 9.88. The fraction of sp³-hybridized carbons (Fsp3) is 0.300. The van der Waals surface area contributed by atoms with E-state index in [1.807, 2.05) is 24.3 Å². The number of nitrogens with one attached hydrogen (secondary N) is 1. The van der Waals surface area contributed by atoms with Crippen molar-refractivity contribution in [3.63, 3.8) is 0 Å². The molecule has 2 nitrogen and oxygen atoms in total. The maximum absolute atomic E-state index is 12.2. The summed E-state index contributed by atoms with van der Waals surface area (Å²) < 4.78 is 12.2. The van der Waals surface area contributed by atoms with Crippen molar-refractivity contribution in [2.75, 3.05) is 0 Å². The lowest BCUT2D eigenvalue weighted by molar-refractivity contribution is -0.122. The van der Waals surface area contributed by atoms with Crippen LogP contribution in [0.3, 0.4) is 0 Å². The molecule has 1 aliphatic rings. The molecular weight excluding hydrogens is 169 g/mol. The molecule has 13 heavy (non-hydrogen) atoms. The predicted octanol–water partition coefficient (Wildman–Crippen LogP) is 1.20. The minimum absolute atomic E-state index is 0.0683. The van der Waals surface area contributed by atoms with Gasteiger partial charge >= 0.3 is 0 Å². The van der Waals surface area contributed by atoms with Crippen LogP contribution in [0, 0.1) is 0 Å². The average Bonchev–Trinajstić information content (AvgIpc) is 2.17. The van der Waals surface area contributed by atoms with Crippen LogP contribution in [0.15, 0.2) is 24.3 Å². The van der Waals surface area contributed by atoms with E-state index in [1.165, 1.54) is 0 Å². The molecule has 3 heteroatoms. The molecule has 0 radical (unpaired) electrons. The van der Waals surface area contributed by atoms with Gasteiger partial charge in [-0.25, -0.2) is 0 Å². The smallest absolute Gasteiger partial charge is 0.157 e. The third kappa shape index (κ3) is 1.47. The van der Waals surface area contributed by atoms with Crippen molar-refractivity contribution in [3.05, 3.63) is 35.4 Å². The quantitative estimate of drug-likeness (QED) is 0.656. The number of halogens is 1. The van der Waals surface area contributed by atoms with Gasteiger partial charge in [-0.1, -0.05) is 24.3 Å². The summed E-state index contributed by atoms with van der Waals surface area (Å²) in [4.78, 5) is 11.3. The molecule has 1 aromatic carbocycles. The highest BCUT2D eigenvalue weighted by molar-refractivity contribution is 5.88. The van der Waals surface area contributed by atoms with Gasteiger partial charge in [-0.2, -0.15) is 0 Å². The van der Waals surface area contributed by atoms with Gasteiger partial charge in [0.05, 0.1) is 6.04 Å². The SMILES string of the molecule is O=C1Cc2ccccc2CC1NF. The Hall–Kier alpha value is -1.22. The average molecular weight is 179 g/mol. The second-order valence-corrected chi connectivity index (χ2v) is 3.28. The predicted molar refractivity (Wildman–Crippen MR) is 46.9 cm³/mol. The Balaban J connectivity index is 2.33. The first-order valence-corrected chi connectivity index (χ1v) is 4.27. The molecule has 1 unspecified atom stereocenters. The molecule has 0 fully saturated rings. The van der Waals surface area contributed by atoms with Gasteiger partial charge in [0.15, 0.2) is 5.78 Å². The van der Waals surface area contributed by atoms with Crippen LogP contribution in [0.4, 0.5) is 4.48 Å². The molecule has 0 amide bonds. The summed E-state index contributed by atoms with van der Waals surface area (Å²) in [7, 11) is 0. The molecule has 68 valence electrons. The van der Waals surface area contributed by atoms with Crippen molar-refractivity contribution in [2.24, 2.45) is 0 Å². The van der Waals surface area contributed by atoms with Gasteiger partial charge in [-0.3, -0.25) is 4.79 Å². The number of benzene rings is 1. The maximum atomic E-state index is 12.2. The van der Waals surface area contributed by atoms with Crippen LogP contribution in [0.5, 0.6) is 0 Å². The number of carbonyl (C=O) groups excluding carboxylic acids is 1. The first-order valence-electron chi connectivity index (χ1n) is 4.27. The second-order valence-electron chi connectivity index (χ2n) is 3.28. The Labute approximate surface area is 75.7 Å². The van der Waals surface area contributed by atoms with E-state index in [0.717, 1.165) is 11.1 Å². The van der Waals surface area contributed by atoms with Crippen molar-refractivity contribution >= 4 is 5.78 Å². The van der Waals surface area contributed by atoms with Gasteiger partial charge in [-0.15, -0.1) is 10.0 Å². The Morgan fingerprint density at radius 3 is 2.69 bits per heavy atom. The van der Waals surface area contributed by atoms with Crippen molar-refractivity contribution in [2.45, 2.75) is 18.9 Å². The number of fused-ring (bicyclic) bond motifs is 1. The van der Waals surface area contributed by atoms with Crippen molar-refractivity contribution in [1.29, 1.82) is 0 Å². The Morgan fingerprint density at radius 2 is 2.00 bits per heavy atom. The van der Waals surface area contributed by atoms with Crippen LogP contribution in [-0.4, -0.2) is 11.8 Å². The number of ketones is 1. The highest BCUT2D eigenvalue weighted by atomic mass is 19.2. The molecule has 1 N–H and O–H groups in total. The second kappa shape index (κ2) is 3.26. The summed E-state index contributed by atoms with van der Waals surface area (Å²) in [5, 5.41) is 0. The minimum Gasteiger partial charge on any atom is -0.297 e. The van der Waals surface area contributed by atoms with E-state index in [-0.39, 0.29) is 5.78 Å². The molecule has 1 atom stereocenters. The van der Waals surface area contributed by atoms with E-state index in [2.05, 4.69) is 0 Å². The highest BCUT2D eigenvalue weighted by Crippen LogP contribution is 2.18. The molecule has 0 saturated carbocycles. The van der Waals surface area contributed by atoms with Gasteiger partial charge in [0.1, 0.15) is 0 Å². The molecule has 0 aromatic heterocycles. The van der Waals surface area contributed by atoms with Crippen LogP contribution in [0.2, 0.25) is 0 Å². The van der Waals surface area contributed by atoms with Gasteiger partial charge in [0, 0.05) is 6.42 Å². The number of Topliss-reactive ketones (excluding diaryl/α,β-unsaturated/α-hetero) is 1. The van der Waals surface area contributed by atoms with Crippen LogP contribution >= 0.6 is 0 Å². The summed E-state index contributed by atoms with van der Waals surface area (Å²) in [6.45, 7) is 0. The zero-order valence-corrected chi connectivity index (χ0v) is 7.09. The third-order valence-electron chi connectivity index (χ3n) is 2.43.